The van der Waals surface area contributed by atoms with Crippen molar-refractivity contribution in [3.8, 4) is 0 Å². The zero-order valence-electron chi connectivity index (χ0n) is 10.6. The molecular formula is C14H23N. The minimum atomic E-state index is 0.359. The zero-order chi connectivity index (χ0) is 11.5. The van der Waals surface area contributed by atoms with E-state index in [0.717, 1.165) is 13.1 Å². The third-order valence-electron chi connectivity index (χ3n) is 2.69. The summed E-state index contributed by atoms with van der Waals surface area (Å²) in [6.07, 6.45) is 0. The molecule has 0 bridgehead atoms. The topological polar surface area (TPSA) is 12.0 Å². The molecule has 0 fully saturated rings. The Bertz CT molecular complexity index is 321. The first-order valence-corrected chi connectivity index (χ1v) is 5.66. The van der Waals surface area contributed by atoms with Crippen molar-refractivity contribution in [1.82, 2.24) is 5.32 Å². The number of aryl methyl sites for hydroxylation is 1. The second kappa shape index (κ2) is 4.80. The van der Waals surface area contributed by atoms with Gasteiger partial charge >= 0.3 is 0 Å². The lowest BCUT2D eigenvalue weighted by Gasteiger charge is -2.19. The summed E-state index contributed by atoms with van der Waals surface area (Å²) in [5.74, 6) is 0. The van der Waals surface area contributed by atoms with Gasteiger partial charge in [-0.1, -0.05) is 39.0 Å². The van der Waals surface area contributed by atoms with Crippen LogP contribution >= 0.6 is 0 Å². The maximum atomic E-state index is 3.51. The van der Waals surface area contributed by atoms with Crippen LogP contribution in [0.2, 0.25) is 0 Å². The van der Waals surface area contributed by atoms with Gasteiger partial charge in [0.25, 0.3) is 0 Å². The number of rotatable bonds is 3. The van der Waals surface area contributed by atoms with Gasteiger partial charge in [-0.15, -0.1) is 0 Å². The summed E-state index contributed by atoms with van der Waals surface area (Å²) in [7, 11) is 0. The Morgan fingerprint density at radius 2 is 1.80 bits per heavy atom. The molecule has 0 heterocycles. The molecule has 0 amide bonds. The van der Waals surface area contributed by atoms with Gasteiger partial charge in [0.2, 0.25) is 0 Å². The Hall–Kier alpha value is -0.820. The predicted octanol–water partition coefficient (Wildman–Crippen LogP) is 3.44. The highest BCUT2D eigenvalue weighted by Gasteiger charge is 2.09. The molecule has 0 saturated heterocycles. The van der Waals surface area contributed by atoms with E-state index in [1.165, 1.54) is 16.7 Å². The van der Waals surface area contributed by atoms with Gasteiger partial charge in [-0.25, -0.2) is 0 Å². The van der Waals surface area contributed by atoms with Crippen LogP contribution in [-0.2, 0) is 6.54 Å². The van der Waals surface area contributed by atoms with Crippen LogP contribution in [0.1, 0.15) is 37.5 Å². The molecule has 0 atom stereocenters. The quantitative estimate of drug-likeness (QED) is 0.797. The van der Waals surface area contributed by atoms with E-state index < -0.39 is 0 Å². The molecule has 0 unspecified atom stereocenters. The van der Waals surface area contributed by atoms with Crippen LogP contribution in [0.25, 0.3) is 0 Å². The first-order valence-electron chi connectivity index (χ1n) is 5.66. The van der Waals surface area contributed by atoms with E-state index in [4.69, 9.17) is 0 Å². The molecule has 0 aliphatic carbocycles. The maximum absolute atomic E-state index is 3.51. The number of hydrogen-bond donors (Lipinski definition) is 1. The molecular weight excluding hydrogens is 182 g/mol. The van der Waals surface area contributed by atoms with Crippen molar-refractivity contribution in [2.75, 3.05) is 6.54 Å². The predicted molar refractivity (Wildman–Crippen MR) is 67.1 cm³/mol. The van der Waals surface area contributed by atoms with E-state index >= 15 is 0 Å². The summed E-state index contributed by atoms with van der Waals surface area (Å²) in [6, 6.07) is 6.51. The lowest BCUT2D eigenvalue weighted by Crippen LogP contribution is -2.26. The van der Waals surface area contributed by atoms with Crippen molar-refractivity contribution in [3.63, 3.8) is 0 Å². The van der Waals surface area contributed by atoms with Gasteiger partial charge in [-0.2, -0.15) is 0 Å². The Morgan fingerprint density at radius 1 is 1.13 bits per heavy atom. The average Bonchev–Trinajstić information content (AvgIpc) is 2.10. The van der Waals surface area contributed by atoms with Crippen molar-refractivity contribution >= 4 is 0 Å². The molecule has 0 saturated carbocycles. The van der Waals surface area contributed by atoms with Crippen LogP contribution in [0.4, 0.5) is 0 Å². The number of nitrogens with one attached hydrogen (secondary N) is 1. The Labute approximate surface area is 93.9 Å². The summed E-state index contributed by atoms with van der Waals surface area (Å²) in [5, 5.41) is 3.51. The molecule has 1 aromatic carbocycles. The molecule has 0 aliphatic heterocycles. The highest BCUT2D eigenvalue weighted by atomic mass is 14.9. The van der Waals surface area contributed by atoms with Crippen molar-refractivity contribution < 1.29 is 0 Å². The minimum Gasteiger partial charge on any atom is -0.312 e. The largest absolute Gasteiger partial charge is 0.312 e. The molecule has 0 aliphatic rings. The van der Waals surface area contributed by atoms with Crippen molar-refractivity contribution in [2.45, 2.75) is 41.2 Å². The van der Waals surface area contributed by atoms with E-state index in [0.29, 0.717) is 5.41 Å². The second-order valence-electron chi connectivity index (χ2n) is 5.52. The van der Waals surface area contributed by atoms with Crippen molar-refractivity contribution in [3.05, 3.63) is 34.9 Å². The molecule has 0 aromatic heterocycles. The van der Waals surface area contributed by atoms with Gasteiger partial charge in [0.1, 0.15) is 0 Å². The van der Waals surface area contributed by atoms with E-state index in [1.54, 1.807) is 0 Å². The normalized spacial score (nSPS) is 11.8. The monoisotopic (exact) mass is 205 g/mol. The third-order valence-corrected chi connectivity index (χ3v) is 2.69. The zero-order valence-corrected chi connectivity index (χ0v) is 10.6. The smallest absolute Gasteiger partial charge is 0.0208 e. The molecule has 15 heavy (non-hydrogen) atoms. The number of hydrogen-bond acceptors (Lipinski definition) is 1. The van der Waals surface area contributed by atoms with Crippen LogP contribution in [-0.4, -0.2) is 6.54 Å². The third kappa shape index (κ3) is 4.05. The van der Waals surface area contributed by atoms with Crippen molar-refractivity contribution in [2.24, 2.45) is 5.41 Å². The van der Waals surface area contributed by atoms with E-state index in [1.807, 2.05) is 0 Å². The molecule has 1 heteroatoms. The fourth-order valence-corrected chi connectivity index (χ4v) is 1.58. The molecule has 0 spiro atoms. The molecule has 1 nitrogen and oxygen atoms in total. The van der Waals surface area contributed by atoms with Crippen LogP contribution in [0.5, 0.6) is 0 Å². The van der Waals surface area contributed by atoms with E-state index in [-0.39, 0.29) is 0 Å². The van der Waals surface area contributed by atoms with Crippen LogP contribution in [0.15, 0.2) is 18.2 Å². The van der Waals surface area contributed by atoms with E-state index in [9.17, 15) is 0 Å². The molecule has 84 valence electrons. The van der Waals surface area contributed by atoms with Crippen LogP contribution in [0.3, 0.4) is 0 Å². The summed E-state index contributed by atoms with van der Waals surface area (Å²) in [6.45, 7) is 13.2. The van der Waals surface area contributed by atoms with Gasteiger partial charge in [0, 0.05) is 13.1 Å². The standard InChI is InChI=1S/C14H23N/c1-11-7-6-8-13(12(11)2)9-15-10-14(3,4)5/h6-8,15H,9-10H2,1-5H3. The van der Waals surface area contributed by atoms with E-state index in [2.05, 4.69) is 58.1 Å². The summed E-state index contributed by atoms with van der Waals surface area (Å²) in [5.41, 5.74) is 4.57. The number of benzene rings is 1. The lowest BCUT2D eigenvalue weighted by atomic mass is 9.96. The van der Waals surface area contributed by atoms with Crippen LogP contribution < -0.4 is 5.32 Å². The lowest BCUT2D eigenvalue weighted by molar-refractivity contribution is 0.379. The first-order chi connectivity index (χ1) is 6.90. The van der Waals surface area contributed by atoms with Crippen molar-refractivity contribution in [1.29, 1.82) is 0 Å². The SMILES string of the molecule is Cc1cccc(CNCC(C)(C)C)c1C. The fourth-order valence-electron chi connectivity index (χ4n) is 1.58. The summed E-state index contributed by atoms with van der Waals surface area (Å²) in [4.78, 5) is 0. The Morgan fingerprint density at radius 3 is 2.40 bits per heavy atom. The molecule has 0 radical (unpaired) electrons. The van der Waals surface area contributed by atoms with Gasteiger partial charge in [0.15, 0.2) is 0 Å². The summed E-state index contributed by atoms with van der Waals surface area (Å²) >= 11 is 0. The average molecular weight is 205 g/mol. The van der Waals surface area contributed by atoms with Gasteiger partial charge in [-0.05, 0) is 36.0 Å². The minimum absolute atomic E-state index is 0.359. The highest BCUT2D eigenvalue weighted by molar-refractivity contribution is 5.32. The highest BCUT2D eigenvalue weighted by Crippen LogP contribution is 2.14. The Balaban J connectivity index is 2.55. The maximum Gasteiger partial charge on any atom is 0.0208 e. The van der Waals surface area contributed by atoms with Gasteiger partial charge < -0.3 is 5.32 Å². The van der Waals surface area contributed by atoms with Gasteiger partial charge in [-0.3, -0.25) is 0 Å². The molecule has 1 N–H and O–H groups in total. The first kappa shape index (κ1) is 12.3. The molecule has 1 rings (SSSR count). The second-order valence-corrected chi connectivity index (χ2v) is 5.52. The van der Waals surface area contributed by atoms with Gasteiger partial charge in [0.05, 0.1) is 0 Å². The summed E-state index contributed by atoms with van der Waals surface area (Å²) < 4.78 is 0. The Kier molecular flexibility index (Phi) is 3.92. The molecule has 1 aromatic rings. The van der Waals surface area contributed by atoms with Crippen LogP contribution in [0, 0.1) is 19.3 Å². The fraction of sp³-hybridized carbons (Fsp3) is 0.571.